The molecule has 1 aliphatic rings. The zero-order valence-corrected chi connectivity index (χ0v) is 10.6. The largest absolute Gasteiger partial charge is 0.398 e. The summed E-state index contributed by atoms with van der Waals surface area (Å²) in [7, 11) is 0. The first kappa shape index (κ1) is 12.2. The van der Waals surface area contributed by atoms with E-state index in [0.29, 0.717) is 22.2 Å². The second-order valence-electron chi connectivity index (χ2n) is 4.82. The Morgan fingerprint density at radius 3 is 2.88 bits per heavy atom. The second-order valence-corrected chi connectivity index (χ2v) is 5.26. The number of benzene rings is 1. The number of nitrogens with two attached hydrogens (primary N) is 1. The Morgan fingerprint density at radius 1 is 1.47 bits per heavy atom. The SMILES string of the molecule is CC1CCC(NC(=O)c2cc(Cl)ccc2N)C1. The van der Waals surface area contributed by atoms with Crippen LogP contribution >= 0.6 is 11.6 Å². The predicted octanol–water partition coefficient (Wildman–Crippen LogP) is 2.84. The van der Waals surface area contributed by atoms with Crippen LogP contribution in [-0.4, -0.2) is 11.9 Å². The normalized spacial score (nSPS) is 23.6. The van der Waals surface area contributed by atoms with E-state index in [1.165, 1.54) is 6.42 Å². The molecule has 2 unspecified atom stereocenters. The van der Waals surface area contributed by atoms with Crippen molar-refractivity contribution >= 4 is 23.2 Å². The molecular weight excluding hydrogens is 236 g/mol. The predicted molar refractivity (Wildman–Crippen MR) is 70.1 cm³/mol. The molecule has 92 valence electrons. The maximum Gasteiger partial charge on any atom is 0.253 e. The Bertz CT molecular complexity index is 433. The van der Waals surface area contributed by atoms with Gasteiger partial charge in [-0.25, -0.2) is 0 Å². The maximum absolute atomic E-state index is 12.0. The fraction of sp³-hybridized carbons (Fsp3) is 0.462. The lowest BCUT2D eigenvalue weighted by atomic mass is 10.1. The van der Waals surface area contributed by atoms with Crippen molar-refractivity contribution in [1.29, 1.82) is 0 Å². The highest BCUT2D eigenvalue weighted by Crippen LogP contribution is 2.25. The molecule has 3 N–H and O–H groups in total. The van der Waals surface area contributed by atoms with E-state index in [-0.39, 0.29) is 11.9 Å². The van der Waals surface area contributed by atoms with Gasteiger partial charge < -0.3 is 11.1 Å². The maximum atomic E-state index is 12.0. The lowest BCUT2D eigenvalue weighted by Crippen LogP contribution is -2.33. The number of carbonyl (C=O) groups is 1. The first-order valence-corrected chi connectivity index (χ1v) is 6.30. The van der Waals surface area contributed by atoms with E-state index in [4.69, 9.17) is 17.3 Å². The molecule has 1 amide bonds. The zero-order valence-electron chi connectivity index (χ0n) is 9.87. The summed E-state index contributed by atoms with van der Waals surface area (Å²) in [5, 5.41) is 3.55. The molecule has 0 saturated heterocycles. The molecule has 0 bridgehead atoms. The van der Waals surface area contributed by atoms with E-state index in [2.05, 4.69) is 12.2 Å². The Labute approximate surface area is 106 Å². The molecule has 0 aromatic heterocycles. The Hall–Kier alpha value is -1.22. The van der Waals surface area contributed by atoms with Crippen molar-refractivity contribution in [2.45, 2.75) is 32.2 Å². The van der Waals surface area contributed by atoms with Gasteiger partial charge in [-0.05, 0) is 43.4 Å². The Kier molecular flexibility index (Phi) is 3.57. The first-order valence-electron chi connectivity index (χ1n) is 5.92. The van der Waals surface area contributed by atoms with Gasteiger partial charge in [0.1, 0.15) is 0 Å². The van der Waals surface area contributed by atoms with Gasteiger partial charge in [-0.1, -0.05) is 18.5 Å². The van der Waals surface area contributed by atoms with Crippen molar-refractivity contribution in [3.63, 3.8) is 0 Å². The van der Waals surface area contributed by atoms with Gasteiger partial charge in [0.25, 0.3) is 5.91 Å². The smallest absolute Gasteiger partial charge is 0.253 e. The molecule has 1 aliphatic carbocycles. The summed E-state index contributed by atoms with van der Waals surface area (Å²) in [5.41, 5.74) is 6.71. The highest BCUT2D eigenvalue weighted by molar-refractivity contribution is 6.31. The van der Waals surface area contributed by atoms with E-state index in [1.54, 1.807) is 18.2 Å². The summed E-state index contributed by atoms with van der Waals surface area (Å²) >= 11 is 5.87. The lowest BCUT2D eigenvalue weighted by molar-refractivity contribution is 0.0938. The van der Waals surface area contributed by atoms with Crippen molar-refractivity contribution in [2.75, 3.05) is 5.73 Å². The second kappa shape index (κ2) is 4.96. The molecule has 0 heterocycles. The van der Waals surface area contributed by atoms with Crippen molar-refractivity contribution in [1.82, 2.24) is 5.32 Å². The third-order valence-electron chi connectivity index (χ3n) is 3.29. The summed E-state index contributed by atoms with van der Waals surface area (Å²) in [6, 6.07) is 5.24. The molecule has 3 nitrogen and oxygen atoms in total. The zero-order chi connectivity index (χ0) is 12.4. The van der Waals surface area contributed by atoms with Gasteiger partial charge in [0.05, 0.1) is 5.56 Å². The topological polar surface area (TPSA) is 55.1 Å². The van der Waals surface area contributed by atoms with Gasteiger partial charge in [0, 0.05) is 16.8 Å². The Balaban J connectivity index is 2.06. The number of halogens is 1. The average molecular weight is 253 g/mol. The van der Waals surface area contributed by atoms with E-state index >= 15 is 0 Å². The van der Waals surface area contributed by atoms with E-state index in [9.17, 15) is 4.79 Å². The molecule has 17 heavy (non-hydrogen) atoms. The fourth-order valence-corrected chi connectivity index (χ4v) is 2.50. The quantitative estimate of drug-likeness (QED) is 0.796. The number of anilines is 1. The summed E-state index contributed by atoms with van der Waals surface area (Å²) in [6.45, 7) is 2.21. The van der Waals surface area contributed by atoms with Crippen LogP contribution in [0.5, 0.6) is 0 Å². The van der Waals surface area contributed by atoms with Crippen LogP contribution in [0.15, 0.2) is 18.2 Å². The van der Waals surface area contributed by atoms with Crippen LogP contribution in [0.1, 0.15) is 36.5 Å². The van der Waals surface area contributed by atoms with Crippen LogP contribution in [0.3, 0.4) is 0 Å². The number of rotatable bonds is 2. The van der Waals surface area contributed by atoms with Gasteiger partial charge in [-0.15, -0.1) is 0 Å². The fourth-order valence-electron chi connectivity index (χ4n) is 2.33. The molecular formula is C13H17ClN2O. The highest BCUT2D eigenvalue weighted by atomic mass is 35.5. The van der Waals surface area contributed by atoms with Crippen LogP contribution in [0.4, 0.5) is 5.69 Å². The summed E-state index contributed by atoms with van der Waals surface area (Å²) in [4.78, 5) is 12.0. The summed E-state index contributed by atoms with van der Waals surface area (Å²) in [5.74, 6) is 0.570. The van der Waals surface area contributed by atoms with Crippen molar-refractivity contribution < 1.29 is 4.79 Å². The summed E-state index contributed by atoms with van der Waals surface area (Å²) in [6.07, 6.45) is 3.27. The molecule has 2 atom stereocenters. The van der Waals surface area contributed by atoms with Crippen LogP contribution in [-0.2, 0) is 0 Å². The molecule has 1 aromatic rings. The van der Waals surface area contributed by atoms with Crippen molar-refractivity contribution in [2.24, 2.45) is 5.92 Å². The molecule has 1 saturated carbocycles. The van der Waals surface area contributed by atoms with Gasteiger partial charge in [0.2, 0.25) is 0 Å². The average Bonchev–Trinajstić information content (AvgIpc) is 2.67. The monoisotopic (exact) mass is 252 g/mol. The minimum Gasteiger partial charge on any atom is -0.398 e. The van der Waals surface area contributed by atoms with Gasteiger partial charge in [-0.3, -0.25) is 4.79 Å². The van der Waals surface area contributed by atoms with Crippen LogP contribution < -0.4 is 11.1 Å². The number of nitrogen functional groups attached to an aromatic ring is 1. The number of amides is 1. The molecule has 1 fully saturated rings. The van der Waals surface area contributed by atoms with Gasteiger partial charge >= 0.3 is 0 Å². The Morgan fingerprint density at radius 2 is 2.24 bits per heavy atom. The van der Waals surface area contributed by atoms with Gasteiger partial charge in [0.15, 0.2) is 0 Å². The third-order valence-corrected chi connectivity index (χ3v) is 3.53. The van der Waals surface area contributed by atoms with Crippen LogP contribution in [0.25, 0.3) is 0 Å². The van der Waals surface area contributed by atoms with Crippen molar-refractivity contribution in [3.8, 4) is 0 Å². The molecule has 2 rings (SSSR count). The third kappa shape index (κ3) is 2.91. The van der Waals surface area contributed by atoms with Crippen LogP contribution in [0, 0.1) is 5.92 Å². The van der Waals surface area contributed by atoms with E-state index in [1.807, 2.05) is 0 Å². The summed E-state index contributed by atoms with van der Waals surface area (Å²) < 4.78 is 0. The highest BCUT2D eigenvalue weighted by Gasteiger charge is 2.23. The molecule has 1 aromatic carbocycles. The minimum atomic E-state index is -0.121. The minimum absolute atomic E-state index is 0.121. The molecule has 4 heteroatoms. The molecule has 0 spiro atoms. The van der Waals surface area contributed by atoms with E-state index in [0.717, 1.165) is 12.8 Å². The van der Waals surface area contributed by atoms with E-state index < -0.39 is 0 Å². The lowest BCUT2D eigenvalue weighted by Gasteiger charge is -2.13. The standard InChI is InChI=1S/C13H17ClN2O/c1-8-2-4-10(6-8)16-13(17)11-7-9(14)3-5-12(11)15/h3,5,7-8,10H,2,4,6,15H2,1H3,(H,16,17). The molecule has 0 radical (unpaired) electrons. The first-order chi connectivity index (χ1) is 8.06. The van der Waals surface area contributed by atoms with Crippen LogP contribution in [0.2, 0.25) is 5.02 Å². The van der Waals surface area contributed by atoms with Crippen molar-refractivity contribution in [3.05, 3.63) is 28.8 Å². The number of hydrogen-bond acceptors (Lipinski definition) is 2. The number of nitrogens with one attached hydrogen (secondary N) is 1. The number of hydrogen-bond donors (Lipinski definition) is 2. The molecule has 0 aliphatic heterocycles. The van der Waals surface area contributed by atoms with Gasteiger partial charge in [-0.2, -0.15) is 0 Å². The number of carbonyl (C=O) groups excluding carboxylic acids is 1.